The monoisotopic (exact) mass is 290 g/mol. The lowest BCUT2D eigenvalue weighted by Gasteiger charge is -2.34. The lowest BCUT2D eigenvalue weighted by Crippen LogP contribution is -2.50. The van der Waals surface area contributed by atoms with Crippen molar-refractivity contribution in [1.82, 2.24) is 19.8 Å². The van der Waals surface area contributed by atoms with Gasteiger partial charge < -0.3 is 9.47 Å². The van der Waals surface area contributed by atoms with E-state index in [1.54, 1.807) is 11.1 Å². The highest BCUT2D eigenvalue weighted by Gasteiger charge is 2.51. The summed E-state index contributed by atoms with van der Waals surface area (Å²) in [6.45, 7) is 0.544. The van der Waals surface area contributed by atoms with E-state index >= 15 is 0 Å². The Hall–Kier alpha value is -1.85. The van der Waals surface area contributed by atoms with Gasteiger partial charge in [0.1, 0.15) is 11.4 Å². The van der Waals surface area contributed by atoms with Crippen LogP contribution in [0.4, 0.5) is 4.79 Å². The van der Waals surface area contributed by atoms with Gasteiger partial charge in [-0.15, -0.1) is 0 Å². The van der Waals surface area contributed by atoms with E-state index in [1.165, 1.54) is 0 Å². The SMILES string of the molecule is Cn1ccnc1CCN1C(=O)NC(=O)C12CCCCCC2. The third-order valence-corrected chi connectivity index (χ3v) is 4.82. The van der Waals surface area contributed by atoms with Crippen LogP contribution in [-0.2, 0) is 18.3 Å². The van der Waals surface area contributed by atoms with Gasteiger partial charge in [0.2, 0.25) is 0 Å². The van der Waals surface area contributed by atoms with Crippen LogP contribution in [0.5, 0.6) is 0 Å². The molecule has 6 heteroatoms. The summed E-state index contributed by atoms with van der Waals surface area (Å²) in [5.41, 5.74) is -0.612. The molecule has 0 aromatic carbocycles. The smallest absolute Gasteiger partial charge is 0.325 e. The quantitative estimate of drug-likeness (QED) is 0.860. The van der Waals surface area contributed by atoms with E-state index in [9.17, 15) is 9.59 Å². The molecule has 1 N–H and O–H groups in total. The molecule has 21 heavy (non-hydrogen) atoms. The first kappa shape index (κ1) is 14.1. The van der Waals surface area contributed by atoms with Crippen LogP contribution in [0.2, 0.25) is 0 Å². The first-order valence-electron chi connectivity index (χ1n) is 7.73. The number of nitrogens with zero attached hydrogens (tertiary/aromatic N) is 3. The van der Waals surface area contributed by atoms with Gasteiger partial charge in [0, 0.05) is 32.4 Å². The van der Waals surface area contributed by atoms with Crippen molar-refractivity contribution in [2.24, 2.45) is 7.05 Å². The number of amides is 3. The van der Waals surface area contributed by atoms with Crippen LogP contribution in [0.15, 0.2) is 12.4 Å². The summed E-state index contributed by atoms with van der Waals surface area (Å²) in [6, 6.07) is -0.240. The minimum Gasteiger partial charge on any atom is -0.338 e. The summed E-state index contributed by atoms with van der Waals surface area (Å²) in [5, 5.41) is 2.52. The summed E-state index contributed by atoms with van der Waals surface area (Å²) < 4.78 is 1.95. The number of urea groups is 1. The molecule has 0 unspecified atom stereocenters. The van der Waals surface area contributed by atoms with Crippen LogP contribution in [0.25, 0.3) is 0 Å². The number of imidazole rings is 1. The number of aryl methyl sites for hydroxylation is 1. The maximum Gasteiger partial charge on any atom is 0.325 e. The van der Waals surface area contributed by atoms with Crippen LogP contribution in [0, 0.1) is 0 Å². The van der Waals surface area contributed by atoms with E-state index in [-0.39, 0.29) is 11.9 Å². The Morgan fingerprint density at radius 1 is 1.24 bits per heavy atom. The second kappa shape index (κ2) is 5.50. The average Bonchev–Trinajstić information content (AvgIpc) is 2.84. The molecule has 114 valence electrons. The second-order valence-electron chi connectivity index (χ2n) is 6.06. The molecule has 1 aromatic heterocycles. The van der Waals surface area contributed by atoms with Gasteiger partial charge in [0.05, 0.1) is 0 Å². The number of carbonyl (C=O) groups excluding carboxylic acids is 2. The molecule has 2 heterocycles. The summed E-state index contributed by atoms with van der Waals surface area (Å²) >= 11 is 0. The Morgan fingerprint density at radius 2 is 1.95 bits per heavy atom. The van der Waals surface area contributed by atoms with Crippen molar-refractivity contribution in [1.29, 1.82) is 0 Å². The van der Waals surface area contributed by atoms with E-state index < -0.39 is 5.54 Å². The summed E-state index contributed by atoms with van der Waals surface area (Å²) in [5.74, 6) is 0.833. The molecule has 2 fully saturated rings. The van der Waals surface area contributed by atoms with Gasteiger partial charge >= 0.3 is 6.03 Å². The lowest BCUT2D eigenvalue weighted by atomic mass is 9.88. The van der Waals surface area contributed by atoms with Crippen LogP contribution in [0.1, 0.15) is 44.3 Å². The van der Waals surface area contributed by atoms with Crippen LogP contribution in [0.3, 0.4) is 0 Å². The lowest BCUT2D eigenvalue weighted by molar-refractivity contribution is -0.127. The number of imide groups is 1. The molecule has 1 aromatic rings. The van der Waals surface area contributed by atoms with Crippen LogP contribution in [-0.4, -0.2) is 38.5 Å². The van der Waals surface area contributed by atoms with Gasteiger partial charge in [-0.3, -0.25) is 10.1 Å². The zero-order valence-electron chi connectivity index (χ0n) is 12.5. The molecular formula is C15H22N4O2. The fourth-order valence-corrected chi connectivity index (χ4v) is 3.57. The first-order valence-corrected chi connectivity index (χ1v) is 7.73. The molecule has 1 spiro atoms. The van der Waals surface area contributed by atoms with Gasteiger partial charge in [0.25, 0.3) is 5.91 Å². The van der Waals surface area contributed by atoms with Crippen molar-refractivity contribution < 1.29 is 9.59 Å². The van der Waals surface area contributed by atoms with Gasteiger partial charge in [-0.05, 0) is 12.8 Å². The van der Waals surface area contributed by atoms with E-state index in [0.29, 0.717) is 13.0 Å². The Morgan fingerprint density at radius 3 is 2.57 bits per heavy atom. The van der Waals surface area contributed by atoms with Gasteiger partial charge in [-0.2, -0.15) is 0 Å². The Kier molecular flexibility index (Phi) is 3.69. The molecule has 6 nitrogen and oxygen atoms in total. The Labute approximate surface area is 124 Å². The molecule has 1 aliphatic carbocycles. The van der Waals surface area contributed by atoms with Crippen molar-refractivity contribution in [2.45, 2.75) is 50.5 Å². The first-order chi connectivity index (χ1) is 10.1. The van der Waals surface area contributed by atoms with Crippen molar-refractivity contribution >= 4 is 11.9 Å². The van der Waals surface area contributed by atoms with Gasteiger partial charge in [-0.1, -0.05) is 25.7 Å². The zero-order valence-corrected chi connectivity index (χ0v) is 12.5. The number of carbonyl (C=O) groups is 2. The minimum absolute atomic E-state index is 0.103. The summed E-state index contributed by atoms with van der Waals surface area (Å²) in [6.07, 6.45) is 10.2. The highest BCUT2D eigenvalue weighted by atomic mass is 16.2. The fraction of sp³-hybridized carbons (Fsp3) is 0.667. The summed E-state index contributed by atoms with van der Waals surface area (Å²) in [4.78, 5) is 30.6. The molecule has 0 radical (unpaired) electrons. The van der Waals surface area contributed by atoms with E-state index in [4.69, 9.17) is 0 Å². The van der Waals surface area contributed by atoms with Crippen LogP contribution >= 0.6 is 0 Å². The number of hydrogen-bond acceptors (Lipinski definition) is 3. The number of nitrogens with one attached hydrogen (secondary N) is 1. The van der Waals surface area contributed by atoms with Gasteiger partial charge in [0.15, 0.2) is 0 Å². The average molecular weight is 290 g/mol. The Balaban J connectivity index is 1.78. The fourth-order valence-electron chi connectivity index (χ4n) is 3.57. The summed E-state index contributed by atoms with van der Waals surface area (Å²) in [7, 11) is 1.94. The number of aromatic nitrogens is 2. The maximum atomic E-state index is 12.4. The predicted molar refractivity (Wildman–Crippen MR) is 77.6 cm³/mol. The van der Waals surface area contributed by atoms with Crippen molar-refractivity contribution in [3.8, 4) is 0 Å². The maximum absolute atomic E-state index is 12.4. The standard InChI is InChI=1S/C15H22N4O2/c1-18-11-9-16-12(18)6-10-19-14(21)17-13(20)15(19)7-4-2-3-5-8-15/h9,11H,2-8,10H2,1H3,(H,17,20,21). The highest BCUT2D eigenvalue weighted by Crippen LogP contribution is 2.36. The van der Waals surface area contributed by atoms with Gasteiger partial charge in [-0.25, -0.2) is 9.78 Å². The third kappa shape index (κ3) is 2.43. The molecule has 1 aliphatic heterocycles. The largest absolute Gasteiger partial charge is 0.338 e. The molecule has 0 bridgehead atoms. The molecule has 3 amide bonds. The van der Waals surface area contributed by atoms with Crippen molar-refractivity contribution in [2.75, 3.05) is 6.54 Å². The van der Waals surface area contributed by atoms with E-state index in [2.05, 4.69) is 10.3 Å². The molecule has 0 atom stereocenters. The van der Waals surface area contributed by atoms with Crippen molar-refractivity contribution in [3.05, 3.63) is 18.2 Å². The predicted octanol–water partition coefficient (Wildman–Crippen LogP) is 1.61. The van der Waals surface area contributed by atoms with Crippen molar-refractivity contribution in [3.63, 3.8) is 0 Å². The number of rotatable bonds is 3. The highest BCUT2D eigenvalue weighted by molar-refractivity contribution is 6.07. The number of hydrogen-bond donors (Lipinski definition) is 1. The van der Waals surface area contributed by atoms with E-state index in [1.807, 2.05) is 17.8 Å². The molecule has 3 rings (SSSR count). The molecule has 1 saturated carbocycles. The second-order valence-corrected chi connectivity index (χ2v) is 6.06. The molecular weight excluding hydrogens is 268 g/mol. The minimum atomic E-state index is -0.612. The molecule has 2 aliphatic rings. The van der Waals surface area contributed by atoms with E-state index in [0.717, 1.165) is 44.3 Å². The third-order valence-electron chi connectivity index (χ3n) is 4.82. The van der Waals surface area contributed by atoms with Crippen LogP contribution < -0.4 is 5.32 Å². The molecule has 1 saturated heterocycles. The Bertz CT molecular complexity index is 544. The topological polar surface area (TPSA) is 67.2 Å². The zero-order chi connectivity index (χ0) is 14.9. The normalized spacial score (nSPS) is 21.7.